The molecule has 8 heteroatoms. The number of benzene rings is 2. The summed E-state index contributed by atoms with van der Waals surface area (Å²) in [6, 6.07) is 17.1. The van der Waals surface area contributed by atoms with Crippen molar-refractivity contribution in [2.75, 3.05) is 7.11 Å². The molecule has 0 saturated heterocycles. The number of aromatic nitrogens is 2. The van der Waals surface area contributed by atoms with E-state index in [0.717, 1.165) is 16.9 Å². The molecule has 1 amide bonds. The van der Waals surface area contributed by atoms with Gasteiger partial charge in [-0.25, -0.2) is 9.07 Å². The minimum Gasteiger partial charge on any atom is -0.497 e. The van der Waals surface area contributed by atoms with E-state index in [1.165, 1.54) is 6.07 Å². The van der Waals surface area contributed by atoms with E-state index in [4.69, 9.17) is 19.0 Å². The smallest absolute Gasteiger partial charge is 0.226 e. The Kier molecular flexibility index (Phi) is 7.27. The van der Waals surface area contributed by atoms with Crippen molar-refractivity contribution >= 4 is 5.91 Å². The average Bonchev–Trinajstić information content (AvgIpc) is 3.51. The first-order chi connectivity index (χ1) is 16.6. The first kappa shape index (κ1) is 23.1. The van der Waals surface area contributed by atoms with E-state index in [2.05, 4.69) is 5.32 Å². The van der Waals surface area contributed by atoms with Crippen molar-refractivity contribution in [3.8, 4) is 23.1 Å². The maximum Gasteiger partial charge on any atom is 0.226 e. The zero-order chi connectivity index (χ0) is 23.9. The highest BCUT2D eigenvalue weighted by molar-refractivity contribution is 5.76. The summed E-state index contributed by atoms with van der Waals surface area (Å²) in [5.74, 6) is 1.24. The molecule has 0 aliphatic heterocycles. The average molecular weight is 464 g/mol. The van der Waals surface area contributed by atoms with Gasteiger partial charge in [0.25, 0.3) is 0 Å². The lowest BCUT2D eigenvalue weighted by Crippen LogP contribution is -2.22. The van der Waals surface area contributed by atoms with Crippen LogP contribution in [0.1, 0.15) is 30.4 Å². The van der Waals surface area contributed by atoms with Crippen molar-refractivity contribution in [2.24, 2.45) is 0 Å². The van der Waals surface area contributed by atoms with Crippen LogP contribution in [0.15, 0.2) is 71.3 Å². The quantitative estimate of drug-likeness (QED) is 0.349. The topological polar surface area (TPSA) is 78.5 Å². The number of halogens is 1. The number of nitrogens with zero attached hydrogens (tertiary/aromatic N) is 2. The second-order valence-corrected chi connectivity index (χ2v) is 7.58. The third-order valence-electron chi connectivity index (χ3n) is 5.36. The van der Waals surface area contributed by atoms with Crippen LogP contribution < -0.4 is 14.8 Å². The molecule has 0 aliphatic rings. The van der Waals surface area contributed by atoms with Crippen LogP contribution in [-0.4, -0.2) is 22.8 Å². The van der Waals surface area contributed by atoms with E-state index in [9.17, 15) is 9.18 Å². The number of nitrogens with one attached hydrogen (secondary N) is 1. The lowest BCUT2D eigenvalue weighted by Gasteiger charge is -2.12. The Hall–Kier alpha value is -4.07. The monoisotopic (exact) mass is 463 g/mol. The van der Waals surface area contributed by atoms with Gasteiger partial charge in [-0.15, -0.1) is 0 Å². The van der Waals surface area contributed by atoms with Gasteiger partial charge >= 0.3 is 0 Å². The standard InChI is InChI=1S/C26H26FN3O4/c1-3-23-21(14-15-25(31)28-17-20-7-6-16-33-20)26(34-24-9-5-4-8-22(24)27)30(29-23)18-10-12-19(32-2)13-11-18/h4-13,16H,3,14-15,17H2,1-2H3,(H,28,31). The van der Waals surface area contributed by atoms with Gasteiger partial charge in [-0.2, -0.15) is 5.10 Å². The summed E-state index contributed by atoms with van der Waals surface area (Å²) in [5.41, 5.74) is 2.27. The second-order valence-electron chi connectivity index (χ2n) is 7.58. The highest BCUT2D eigenvalue weighted by Gasteiger charge is 2.22. The molecule has 0 atom stereocenters. The number of carbonyl (C=O) groups excluding carboxylic acids is 1. The van der Waals surface area contributed by atoms with Crippen LogP contribution in [0.3, 0.4) is 0 Å². The number of carbonyl (C=O) groups is 1. The molecule has 0 fully saturated rings. The van der Waals surface area contributed by atoms with Crippen molar-refractivity contribution in [1.82, 2.24) is 15.1 Å². The molecule has 0 aliphatic carbocycles. The van der Waals surface area contributed by atoms with Crippen LogP contribution in [0, 0.1) is 5.82 Å². The Balaban J connectivity index is 1.63. The molecule has 4 aromatic rings. The predicted octanol–water partition coefficient (Wildman–Crippen LogP) is 5.22. The van der Waals surface area contributed by atoms with Crippen molar-refractivity contribution in [3.63, 3.8) is 0 Å². The third kappa shape index (κ3) is 5.28. The van der Waals surface area contributed by atoms with Crippen molar-refractivity contribution in [3.05, 3.63) is 89.8 Å². The number of para-hydroxylation sites is 1. The summed E-state index contributed by atoms with van der Waals surface area (Å²) < 4.78 is 32.6. The molecule has 0 bridgehead atoms. The normalized spacial score (nSPS) is 10.8. The zero-order valence-electron chi connectivity index (χ0n) is 19.1. The number of amides is 1. The molecule has 176 valence electrons. The summed E-state index contributed by atoms with van der Waals surface area (Å²) in [4.78, 5) is 12.5. The second kappa shape index (κ2) is 10.7. The van der Waals surface area contributed by atoms with Crippen molar-refractivity contribution in [2.45, 2.75) is 32.7 Å². The fraction of sp³-hybridized carbons (Fsp3) is 0.231. The molecule has 34 heavy (non-hydrogen) atoms. The highest BCUT2D eigenvalue weighted by atomic mass is 19.1. The minimum absolute atomic E-state index is 0.0864. The number of ether oxygens (including phenoxy) is 2. The van der Waals surface area contributed by atoms with Crippen molar-refractivity contribution in [1.29, 1.82) is 0 Å². The number of methoxy groups -OCH3 is 1. The van der Waals surface area contributed by atoms with Gasteiger partial charge in [-0.3, -0.25) is 4.79 Å². The Morgan fingerprint density at radius 2 is 1.91 bits per heavy atom. The molecule has 0 spiro atoms. The zero-order valence-corrected chi connectivity index (χ0v) is 19.1. The summed E-state index contributed by atoms with van der Waals surface area (Å²) >= 11 is 0. The molecule has 0 saturated carbocycles. The molecule has 7 nitrogen and oxygen atoms in total. The Morgan fingerprint density at radius 3 is 2.59 bits per heavy atom. The minimum atomic E-state index is -0.481. The first-order valence-corrected chi connectivity index (χ1v) is 11.1. The van der Waals surface area contributed by atoms with Gasteiger partial charge in [0, 0.05) is 12.0 Å². The van der Waals surface area contributed by atoms with Gasteiger partial charge in [-0.05, 0) is 61.4 Å². The lowest BCUT2D eigenvalue weighted by atomic mass is 10.1. The van der Waals surface area contributed by atoms with Crippen LogP contribution in [0.2, 0.25) is 0 Å². The van der Waals surface area contributed by atoms with Crippen LogP contribution in [0.25, 0.3) is 5.69 Å². The van der Waals surface area contributed by atoms with Crippen LogP contribution in [0.4, 0.5) is 4.39 Å². The van der Waals surface area contributed by atoms with E-state index in [1.807, 2.05) is 31.2 Å². The molecule has 0 unspecified atom stereocenters. The molecule has 1 N–H and O–H groups in total. The van der Waals surface area contributed by atoms with Gasteiger partial charge < -0.3 is 19.2 Å². The van der Waals surface area contributed by atoms with Gasteiger partial charge in [0.05, 0.1) is 31.3 Å². The van der Waals surface area contributed by atoms with Gasteiger partial charge in [-0.1, -0.05) is 19.1 Å². The van der Waals surface area contributed by atoms with E-state index >= 15 is 0 Å². The van der Waals surface area contributed by atoms with E-state index in [1.54, 1.807) is 48.4 Å². The largest absolute Gasteiger partial charge is 0.497 e. The molecule has 2 aromatic heterocycles. The third-order valence-corrected chi connectivity index (χ3v) is 5.36. The molecular formula is C26H26FN3O4. The number of hydrogen-bond donors (Lipinski definition) is 1. The fourth-order valence-electron chi connectivity index (χ4n) is 3.57. The Morgan fingerprint density at radius 1 is 1.12 bits per heavy atom. The summed E-state index contributed by atoms with van der Waals surface area (Å²) in [6.07, 6.45) is 2.79. The lowest BCUT2D eigenvalue weighted by molar-refractivity contribution is -0.121. The number of hydrogen-bond acceptors (Lipinski definition) is 5. The summed E-state index contributed by atoms with van der Waals surface area (Å²) in [7, 11) is 1.60. The highest BCUT2D eigenvalue weighted by Crippen LogP contribution is 2.33. The summed E-state index contributed by atoms with van der Waals surface area (Å²) in [5, 5.41) is 7.57. The van der Waals surface area contributed by atoms with Gasteiger partial charge in [0.2, 0.25) is 11.8 Å². The van der Waals surface area contributed by atoms with E-state index < -0.39 is 5.82 Å². The Labute approximate surface area is 197 Å². The number of furan rings is 1. The molecular weight excluding hydrogens is 437 g/mol. The van der Waals surface area contributed by atoms with E-state index in [-0.39, 0.29) is 18.1 Å². The molecule has 0 radical (unpaired) electrons. The summed E-state index contributed by atoms with van der Waals surface area (Å²) in [6.45, 7) is 2.30. The van der Waals surface area contributed by atoms with Gasteiger partial charge in [0.1, 0.15) is 11.5 Å². The molecule has 2 aromatic carbocycles. The molecule has 2 heterocycles. The first-order valence-electron chi connectivity index (χ1n) is 11.1. The SMILES string of the molecule is CCc1nn(-c2ccc(OC)cc2)c(Oc2ccccc2F)c1CCC(=O)NCc1ccco1. The van der Waals surface area contributed by atoms with Crippen LogP contribution in [-0.2, 0) is 24.2 Å². The van der Waals surface area contributed by atoms with Crippen LogP contribution >= 0.6 is 0 Å². The molecule has 4 rings (SSSR count). The van der Waals surface area contributed by atoms with E-state index in [0.29, 0.717) is 36.8 Å². The van der Waals surface area contributed by atoms with Gasteiger partial charge in [0.15, 0.2) is 11.6 Å². The van der Waals surface area contributed by atoms with Crippen molar-refractivity contribution < 1.29 is 23.1 Å². The number of aryl methyl sites for hydroxylation is 1. The number of rotatable bonds is 10. The maximum atomic E-state index is 14.4. The maximum absolute atomic E-state index is 14.4. The Bertz CT molecular complexity index is 1230. The van der Waals surface area contributed by atoms with Crippen LogP contribution in [0.5, 0.6) is 17.4 Å². The fourth-order valence-corrected chi connectivity index (χ4v) is 3.57. The predicted molar refractivity (Wildman–Crippen MR) is 125 cm³/mol.